The highest BCUT2D eigenvalue weighted by Crippen LogP contribution is 2.44. The van der Waals surface area contributed by atoms with Crippen LogP contribution in [0.5, 0.6) is 0 Å². The second-order valence-corrected chi connectivity index (χ2v) is 7.92. The molecule has 9 nitrogen and oxygen atoms in total. The van der Waals surface area contributed by atoms with Gasteiger partial charge in [0.05, 0.1) is 29.8 Å². The topological polar surface area (TPSA) is 112 Å². The Hall–Kier alpha value is -3.15. The maximum Gasteiger partial charge on any atom is 0.393 e. The van der Waals surface area contributed by atoms with Crippen LogP contribution in [0.15, 0.2) is 25.0 Å². The number of aromatic amines is 1. The molecule has 1 saturated heterocycles. The van der Waals surface area contributed by atoms with Crippen LogP contribution in [0.4, 0.5) is 19.0 Å². The maximum atomic E-state index is 12.7. The first kappa shape index (κ1) is 22.1. The molecule has 2 aliphatic rings. The minimum atomic E-state index is -4.32. The summed E-state index contributed by atoms with van der Waals surface area (Å²) in [7, 11) is 1.55. The summed E-state index contributed by atoms with van der Waals surface area (Å²) in [5.41, 5.74) is 0.724. The number of nitrogens with one attached hydrogen (secondary N) is 3. The zero-order chi connectivity index (χ0) is 23.0. The Kier molecular flexibility index (Phi) is 5.80. The number of anilines is 1. The lowest BCUT2D eigenvalue weighted by Gasteiger charge is -2.37. The fraction of sp³-hybridized carbons (Fsp3) is 0.500. The highest BCUT2D eigenvalue weighted by atomic mass is 19.4. The molecule has 0 aromatic carbocycles. The Morgan fingerprint density at radius 3 is 2.81 bits per heavy atom. The van der Waals surface area contributed by atoms with Gasteiger partial charge in [0.15, 0.2) is 5.65 Å². The van der Waals surface area contributed by atoms with Gasteiger partial charge in [0.25, 0.3) is 5.91 Å². The predicted octanol–water partition coefficient (Wildman–Crippen LogP) is 1.85. The summed E-state index contributed by atoms with van der Waals surface area (Å²) in [6.07, 6.45) is -0.00894. The smallest absolute Gasteiger partial charge is 0.377 e. The Morgan fingerprint density at radius 1 is 1.38 bits per heavy atom. The molecule has 3 heterocycles. The number of halogens is 3. The molecule has 4 rings (SSSR count). The Labute approximate surface area is 181 Å². The highest BCUT2D eigenvalue weighted by molar-refractivity contribution is 6.04. The summed E-state index contributed by atoms with van der Waals surface area (Å²) in [6, 6.07) is -1.08. The molecule has 12 heteroatoms. The number of aromatic nitrogens is 3. The Balaban J connectivity index is 1.46. The van der Waals surface area contributed by atoms with Gasteiger partial charge in [-0.2, -0.15) is 13.2 Å². The molecule has 0 unspecified atom stereocenters. The van der Waals surface area contributed by atoms with Gasteiger partial charge in [-0.15, -0.1) is 0 Å². The average Bonchev–Trinajstić information content (AvgIpc) is 3.42. The van der Waals surface area contributed by atoms with Crippen LogP contribution < -0.4 is 10.6 Å². The van der Waals surface area contributed by atoms with E-state index in [1.165, 1.54) is 18.5 Å². The molecule has 0 radical (unpaired) electrons. The summed E-state index contributed by atoms with van der Waals surface area (Å²) in [4.78, 5) is 37.5. The number of alkyl halides is 3. The van der Waals surface area contributed by atoms with E-state index in [0.29, 0.717) is 31.0 Å². The SMILES string of the molecule is C=CC(=O)N1CC[C@@H](Nc2cnc3[nH]cc(C(=O)N[C@@H]4C[C@H]4C(F)(F)F)c3n2)[C@@H](OC)C1. The summed E-state index contributed by atoms with van der Waals surface area (Å²) in [5.74, 6) is -1.92. The van der Waals surface area contributed by atoms with Crippen molar-refractivity contribution in [1.29, 1.82) is 0 Å². The molecule has 4 atom stereocenters. The molecule has 2 fully saturated rings. The van der Waals surface area contributed by atoms with E-state index >= 15 is 0 Å². The molecule has 1 aliphatic heterocycles. The van der Waals surface area contributed by atoms with Crippen molar-refractivity contribution in [2.45, 2.75) is 37.2 Å². The Bertz CT molecular complexity index is 1040. The molecule has 0 bridgehead atoms. The second-order valence-electron chi connectivity index (χ2n) is 7.92. The molecule has 0 spiro atoms. The zero-order valence-corrected chi connectivity index (χ0v) is 17.3. The lowest BCUT2D eigenvalue weighted by Crippen LogP contribution is -2.52. The first-order valence-electron chi connectivity index (χ1n) is 10.1. The zero-order valence-electron chi connectivity index (χ0n) is 17.3. The number of nitrogens with zero attached hydrogens (tertiary/aromatic N) is 3. The number of carbonyl (C=O) groups is 2. The molecule has 2 amide bonds. The number of hydrogen-bond donors (Lipinski definition) is 3. The summed E-state index contributed by atoms with van der Waals surface area (Å²) >= 11 is 0. The Morgan fingerprint density at radius 2 is 2.16 bits per heavy atom. The van der Waals surface area contributed by atoms with E-state index in [1.54, 1.807) is 12.0 Å². The van der Waals surface area contributed by atoms with Gasteiger partial charge in [0.2, 0.25) is 5.91 Å². The number of amides is 2. The number of fused-ring (bicyclic) bond motifs is 1. The fourth-order valence-corrected chi connectivity index (χ4v) is 3.94. The largest absolute Gasteiger partial charge is 0.393 e. The van der Waals surface area contributed by atoms with Crippen LogP contribution >= 0.6 is 0 Å². The molecule has 1 saturated carbocycles. The van der Waals surface area contributed by atoms with Crippen molar-refractivity contribution in [2.24, 2.45) is 5.92 Å². The first-order valence-corrected chi connectivity index (χ1v) is 10.1. The third-order valence-electron chi connectivity index (χ3n) is 5.83. The van der Waals surface area contributed by atoms with Gasteiger partial charge >= 0.3 is 6.18 Å². The molecule has 2 aromatic rings. The number of methoxy groups -OCH3 is 1. The number of piperidine rings is 1. The quantitative estimate of drug-likeness (QED) is 0.577. The molecule has 172 valence electrons. The van der Waals surface area contributed by atoms with Crippen LogP contribution in [-0.4, -0.2) is 76.2 Å². The molecule has 1 aliphatic carbocycles. The summed E-state index contributed by atoms with van der Waals surface area (Å²) < 4.78 is 43.7. The van der Waals surface area contributed by atoms with Crippen LogP contribution in [0.1, 0.15) is 23.2 Å². The van der Waals surface area contributed by atoms with Crippen LogP contribution in [0.2, 0.25) is 0 Å². The van der Waals surface area contributed by atoms with Crippen molar-refractivity contribution in [1.82, 2.24) is 25.2 Å². The molecule has 2 aromatic heterocycles. The number of likely N-dealkylation sites (tertiary alicyclic amines) is 1. The van der Waals surface area contributed by atoms with E-state index in [4.69, 9.17) is 4.74 Å². The van der Waals surface area contributed by atoms with Crippen molar-refractivity contribution in [3.05, 3.63) is 30.6 Å². The van der Waals surface area contributed by atoms with Gasteiger partial charge in [-0.05, 0) is 18.9 Å². The van der Waals surface area contributed by atoms with E-state index in [1.807, 2.05) is 0 Å². The fourth-order valence-electron chi connectivity index (χ4n) is 3.94. The minimum Gasteiger partial charge on any atom is -0.377 e. The van der Waals surface area contributed by atoms with E-state index in [-0.39, 0.29) is 35.6 Å². The normalized spacial score (nSPS) is 25.4. The van der Waals surface area contributed by atoms with E-state index < -0.39 is 24.0 Å². The monoisotopic (exact) mass is 452 g/mol. The second kappa shape index (κ2) is 8.41. The molecular weight excluding hydrogens is 429 g/mol. The van der Waals surface area contributed by atoms with Crippen molar-refractivity contribution in [2.75, 3.05) is 25.5 Å². The van der Waals surface area contributed by atoms with Crippen LogP contribution in [0.25, 0.3) is 11.2 Å². The molecule has 32 heavy (non-hydrogen) atoms. The van der Waals surface area contributed by atoms with E-state index in [0.717, 1.165) is 0 Å². The summed E-state index contributed by atoms with van der Waals surface area (Å²) in [6.45, 7) is 4.40. The van der Waals surface area contributed by atoms with E-state index in [9.17, 15) is 22.8 Å². The summed E-state index contributed by atoms with van der Waals surface area (Å²) in [5, 5.41) is 5.64. The van der Waals surface area contributed by atoms with Gasteiger partial charge in [0, 0.05) is 32.4 Å². The molecular formula is C20H23F3N6O3. The number of carbonyl (C=O) groups excluding carboxylic acids is 2. The van der Waals surface area contributed by atoms with Crippen LogP contribution in [-0.2, 0) is 9.53 Å². The number of hydrogen-bond acceptors (Lipinski definition) is 6. The lowest BCUT2D eigenvalue weighted by atomic mass is 10.0. The third kappa shape index (κ3) is 4.40. The van der Waals surface area contributed by atoms with Crippen molar-refractivity contribution < 1.29 is 27.5 Å². The van der Waals surface area contributed by atoms with E-state index in [2.05, 4.69) is 32.2 Å². The number of H-pyrrole nitrogens is 1. The lowest BCUT2D eigenvalue weighted by molar-refractivity contribution is -0.148. The van der Waals surface area contributed by atoms with Crippen molar-refractivity contribution in [3.8, 4) is 0 Å². The average molecular weight is 452 g/mol. The predicted molar refractivity (Wildman–Crippen MR) is 109 cm³/mol. The van der Waals surface area contributed by atoms with Crippen LogP contribution in [0, 0.1) is 5.92 Å². The number of rotatable bonds is 6. The van der Waals surface area contributed by atoms with Gasteiger partial charge in [-0.25, -0.2) is 9.97 Å². The van der Waals surface area contributed by atoms with Crippen molar-refractivity contribution in [3.63, 3.8) is 0 Å². The minimum absolute atomic E-state index is 0.123. The van der Waals surface area contributed by atoms with Gasteiger partial charge < -0.3 is 25.3 Å². The maximum absolute atomic E-state index is 12.7. The highest BCUT2D eigenvalue weighted by Gasteiger charge is 2.56. The van der Waals surface area contributed by atoms with Crippen molar-refractivity contribution >= 4 is 28.8 Å². The van der Waals surface area contributed by atoms with Gasteiger partial charge in [0.1, 0.15) is 11.3 Å². The third-order valence-corrected chi connectivity index (χ3v) is 5.83. The standard InChI is InChI=1S/C20H23F3N6O3/c1-3-16(30)29-5-4-12(14(9-29)32-2)26-15-8-25-18-17(28-15)10(7-24-18)19(31)27-13-6-11(13)20(21,22)23/h3,7-8,11-14H,1,4-6,9H2,2H3,(H,24,25)(H,26,28)(H,27,31)/t11-,12-,13-,14+/m1/s1. The van der Waals surface area contributed by atoms with Crippen LogP contribution in [0.3, 0.4) is 0 Å². The molecule has 3 N–H and O–H groups in total. The van der Waals surface area contributed by atoms with Gasteiger partial charge in [-0.3, -0.25) is 9.59 Å². The number of ether oxygens (including phenoxy) is 1. The van der Waals surface area contributed by atoms with Gasteiger partial charge in [-0.1, -0.05) is 6.58 Å². The first-order chi connectivity index (χ1) is 15.2.